The van der Waals surface area contributed by atoms with E-state index in [0.29, 0.717) is 24.5 Å². The number of aryl methyl sites for hydroxylation is 2. The zero-order valence-electron chi connectivity index (χ0n) is 19.3. The largest absolute Gasteiger partial charge is 0.449 e. The van der Waals surface area contributed by atoms with Gasteiger partial charge < -0.3 is 19.8 Å². The molecule has 0 spiro atoms. The average molecular weight is 486 g/mol. The Balaban J connectivity index is 1.43. The molecule has 0 bridgehead atoms. The van der Waals surface area contributed by atoms with Crippen LogP contribution in [0.2, 0.25) is 0 Å². The van der Waals surface area contributed by atoms with E-state index in [1.165, 1.54) is 23.4 Å². The minimum Gasteiger partial charge on any atom is -0.449 e. The second kappa shape index (κ2) is 9.57. The number of hydrogen-bond donors (Lipinski definition) is 2. The lowest BCUT2D eigenvalue weighted by Crippen LogP contribution is -2.40. The molecule has 10 heteroatoms. The second-order valence-corrected chi connectivity index (χ2v) is 10.2. The molecule has 1 aliphatic rings. The number of nitrogens with one attached hydrogen (secondary N) is 2. The summed E-state index contributed by atoms with van der Waals surface area (Å²) in [7, 11) is -3.70. The fourth-order valence-corrected chi connectivity index (χ4v) is 5.24. The molecule has 0 radical (unpaired) electrons. The summed E-state index contributed by atoms with van der Waals surface area (Å²) in [6.45, 7) is 6.63. The maximum atomic E-state index is 12.9. The standard InChI is InChI=1S/C24H27N3O6S/c1-15-16(2)25-22-8-7-18(13-21(15)22)24(29)33-17(3)23(28)26-19-5-4-6-20(14-19)34(30,31)27-9-11-32-12-10-27/h4-8,13-14,17,25H,9-12H2,1-3H3,(H,26,28). The maximum absolute atomic E-state index is 12.9. The number of anilines is 1. The Morgan fingerprint density at radius 1 is 1.12 bits per heavy atom. The van der Waals surface area contributed by atoms with Gasteiger partial charge in [-0.1, -0.05) is 6.07 Å². The van der Waals surface area contributed by atoms with Crippen molar-refractivity contribution in [2.45, 2.75) is 31.8 Å². The van der Waals surface area contributed by atoms with Crippen LogP contribution in [0.5, 0.6) is 0 Å². The van der Waals surface area contributed by atoms with Crippen molar-refractivity contribution in [1.29, 1.82) is 0 Å². The summed E-state index contributed by atoms with van der Waals surface area (Å²) in [5.74, 6) is -1.18. The van der Waals surface area contributed by atoms with E-state index in [2.05, 4.69) is 10.3 Å². The highest BCUT2D eigenvalue weighted by atomic mass is 32.2. The molecule has 1 aliphatic heterocycles. The van der Waals surface area contributed by atoms with E-state index in [9.17, 15) is 18.0 Å². The van der Waals surface area contributed by atoms with Crippen molar-refractivity contribution in [2.24, 2.45) is 0 Å². The van der Waals surface area contributed by atoms with Crippen LogP contribution in [-0.2, 0) is 24.3 Å². The van der Waals surface area contributed by atoms with Gasteiger partial charge in [-0.15, -0.1) is 0 Å². The van der Waals surface area contributed by atoms with Crippen LogP contribution in [0.3, 0.4) is 0 Å². The number of carbonyl (C=O) groups excluding carboxylic acids is 2. The van der Waals surface area contributed by atoms with Gasteiger partial charge in [0.25, 0.3) is 5.91 Å². The normalized spacial score (nSPS) is 15.7. The SMILES string of the molecule is Cc1[nH]c2ccc(C(=O)OC(C)C(=O)Nc3cccc(S(=O)(=O)N4CCOCC4)c3)cc2c1C. The Morgan fingerprint density at radius 3 is 2.59 bits per heavy atom. The molecule has 9 nitrogen and oxygen atoms in total. The van der Waals surface area contributed by atoms with Gasteiger partial charge in [0.15, 0.2) is 6.10 Å². The minimum atomic E-state index is -3.70. The van der Waals surface area contributed by atoms with Crippen LogP contribution in [0, 0.1) is 13.8 Å². The molecule has 2 aromatic carbocycles. The van der Waals surface area contributed by atoms with E-state index in [1.54, 1.807) is 30.3 Å². The molecule has 4 rings (SSSR count). The van der Waals surface area contributed by atoms with Crippen LogP contribution in [0.15, 0.2) is 47.4 Å². The molecule has 180 valence electrons. The molecular formula is C24H27N3O6S. The number of H-pyrrole nitrogens is 1. The number of ether oxygens (including phenoxy) is 2. The third-order valence-electron chi connectivity index (χ3n) is 5.91. The van der Waals surface area contributed by atoms with Gasteiger partial charge in [-0.25, -0.2) is 13.2 Å². The summed E-state index contributed by atoms with van der Waals surface area (Å²) in [4.78, 5) is 28.6. The number of aromatic amines is 1. The van der Waals surface area contributed by atoms with Gasteiger partial charge in [0.2, 0.25) is 10.0 Å². The minimum absolute atomic E-state index is 0.0716. The summed E-state index contributed by atoms with van der Waals surface area (Å²) in [5, 5.41) is 3.55. The van der Waals surface area contributed by atoms with E-state index in [-0.39, 0.29) is 18.0 Å². The molecular weight excluding hydrogens is 458 g/mol. The van der Waals surface area contributed by atoms with Gasteiger partial charge in [0.05, 0.1) is 23.7 Å². The van der Waals surface area contributed by atoms with Crippen molar-refractivity contribution < 1.29 is 27.5 Å². The van der Waals surface area contributed by atoms with Gasteiger partial charge in [-0.3, -0.25) is 4.79 Å². The molecule has 1 atom stereocenters. The van der Waals surface area contributed by atoms with Crippen molar-refractivity contribution >= 4 is 38.5 Å². The first-order valence-electron chi connectivity index (χ1n) is 11.0. The second-order valence-electron chi connectivity index (χ2n) is 8.22. The van der Waals surface area contributed by atoms with Gasteiger partial charge in [-0.05, 0) is 62.7 Å². The van der Waals surface area contributed by atoms with Gasteiger partial charge >= 0.3 is 5.97 Å². The number of nitrogens with zero attached hydrogens (tertiary/aromatic N) is 1. The smallest absolute Gasteiger partial charge is 0.338 e. The Hall–Kier alpha value is -3.21. The quantitative estimate of drug-likeness (QED) is 0.519. The molecule has 0 saturated carbocycles. The summed E-state index contributed by atoms with van der Waals surface area (Å²) in [5.41, 5.74) is 3.62. The Labute approximate surface area is 198 Å². The lowest BCUT2D eigenvalue weighted by atomic mass is 10.1. The molecule has 1 amide bonds. The van der Waals surface area contributed by atoms with E-state index in [0.717, 1.165) is 22.2 Å². The number of morpholine rings is 1. The summed E-state index contributed by atoms with van der Waals surface area (Å²) in [6, 6.07) is 11.2. The zero-order chi connectivity index (χ0) is 24.5. The highest BCUT2D eigenvalue weighted by Crippen LogP contribution is 2.24. The number of benzene rings is 2. The first-order chi connectivity index (χ1) is 16.2. The van der Waals surface area contributed by atoms with Crippen LogP contribution in [0.4, 0.5) is 5.69 Å². The highest BCUT2D eigenvalue weighted by molar-refractivity contribution is 7.89. The van der Waals surface area contributed by atoms with Crippen molar-refractivity contribution in [3.05, 3.63) is 59.3 Å². The van der Waals surface area contributed by atoms with Crippen LogP contribution < -0.4 is 5.32 Å². The predicted molar refractivity (Wildman–Crippen MR) is 127 cm³/mol. The molecule has 2 heterocycles. The topological polar surface area (TPSA) is 118 Å². The Bertz CT molecular complexity index is 1340. The van der Waals surface area contributed by atoms with Crippen LogP contribution >= 0.6 is 0 Å². The first-order valence-corrected chi connectivity index (χ1v) is 12.4. The molecule has 34 heavy (non-hydrogen) atoms. The summed E-state index contributed by atoms with van der Waals surface area (Å²) in [6.07, 6.45) is -1.09. The third-order valence-corrected chi connectivity index (χ3v) is 7.80. The van der Waals surface area contributed by atoms with Crippen molar-refractivity contribution in [3.8, 4) is 0 Å². The van der Waals surface area contributed by atoms with E-state index in [4.69, 9.17) is 9.47 Å². The summed E-state index contributed by atoms with van der Waals surface area (Å²) >= 11 is 0. The lowest BCUT2D eigenvalue weighted by molar-refractivity contribution is -0.123. The fourth-order valence-electron chi connectivity index (χ4n) is 3.78. The number of esters is 1. The number of amides is 1. The molecule has 3 aromatic rings. The van der Waals surface area contributed by atoms with Gasteiger partial charge in [0.1, 0.15) is 0 Å². The first kappa shape index (κ1) is 23.9. The number of hydrogen-bond acceptors (Lipinski definition) is 6. The van der Waals surface area contributed by atoms with E-state index in [1.807, 2.05) is 13.8 Å². The maximum Gasteiger partial charge on any atom is 0.338 e. The molecule has 1 fully saturated rings. The Morgan fingerprint density at radius 2 is 1.85 bits per heavy atom. The molecule has 1 saturated heterocycles. The number of rotatable bonds is 6. The van der Waals surface area contributed by atoms with E-state index >= 15 is 0 Å². The van der Waals surface area contributed by atoms with E-state index < -0.39 is 28.0 Å². The van der Waals surface area contributed by atoms with Crippen LogP contribution in [0.25, 0.3) is 10.9 Å². The average Bonchev–Trinajstić information content (AvgIpc) is 3.12. The lowest BCUT2D eigenvalue weighted by Gasteiger charge is -2.26. The molecule has 1 unspecified atom stereocenters. The predicted octanol–water partition coefficient (Wildman–Crippen LogP) is 2.99. The molecule has 1 aromatic heterocycles. The van der Waals surface area contributed by atoms with Gasteiger partial charge in [0, 0.05) is 35.4 Å². The molecule has 2 N–H and O–H groups in total. The van der Waals surface area contributed by atoms with Crippen molar-refractivity contribution in [1.82, 2.24) is 9.29 Å². The highest BCUT2D eigenvalue weighted by Gasteiger charge is 2.27. The monoisotopic (exact) mass is 485 g/mol. The third kappa shape index (κ3) is 4.84. The summed E-state index contributed by atoms with van der Waals surface area (Å²) < 4.78 is 37.7. The number of carbonyl (C=O) groups is 2. The number of aromatic nitrogens is 1. The van der Waals surface area contributed by atoms with Crippen molar-refractivity contribution in [3.63, 3.8) is 0 Å². The van der Waals surface area contributed by atoms with Crippen molar-refractivity contribution in [2.75, 3.05) is 31.6 Å². The van der Waals surface area contributed by atoms with Crippen LogP contribution in [-0.4, -0.2) is 62.0 Å². The van der Waals surface area contributed by atoms with Gasteiger partial charge in [-0.2, -0.15) is 4.31 Å². The zero-order valence-corrected chi connectivity index (χ0v) is 20.1. The van der Waals surface area contributed by atoms with Crippen LogP contribution in [0.1, 0.15) is 28.5 Å². The molecule has 0 aliphatic carbocycles. The Kier molecular flexibility index (Phi) is 6.74. The fraction of sp³-hybridized carbons (Fsp3) is 0.333. The number of fused-ring (bicyclic) bond motifs is 1. The number of sulfonamides is 1.